The molecular weight excluding hydrogens is 197 g/mol. The second-order valence-corrected chi connectivity index (χ2v) is 3.82. The highest BCUT2D eigenvalue weighted by Gasteiger charge is 2.33. The zero-order valence-corrected chi connectivity index (χ0v) is 8.33. The first-order valence-corrected chi connectivity index (χ1v) is 4.86. The molecule has 2 atom stereocenters. The lowest BCUT2D eigenvalue weighted by Gasteiger charge is -2.15. The van der Waals surface area contributed by atoms with Crippen molar-refractivity contribution >= 4 is 11.7 Å². The van der Waals surface area contributed by atoms with E-state index in [1.165, 1.54) is 6.07 Å². The number of rotatable bonds is 2. The molecule has 2 unspecified atom stereocenters. The molecule has 1 aliphatic heterocycles. The van der Waals surface area contributed by atoms with Crippen molar-refractivity contribution in [1.82, 2.24) is 0 Å². The van der Waals surface area contributed by atoms with Gasteiger partial charge >= 0.3 is 5.97 Å². The molecule has 0 radical (unpaired) electrons. The molecule has 2 N–H and O–H groups in total. The maximum absolute atomic E-state index is 13.5. The van der Waals surface area contributed by atoms with Gasteiger partial charge in [0.1, 0.15) is 5.82 Å². The topological polar surface area (TPSA) is 49.3 Å². The summed E-state index contributed by atoms with van der Waals surface area (Å²) in [4.78, 5) is 10.9. The maximum Gasteiger partial charge on any atom is 0.306 e. The normalized spacial score (nSPS) is 20.5. The Morgan fingerprint density at radius 3 is 3.07 bits per heavy atom. The minimum absolute atomic E-state index is 0.279. The first kappa shape index (κ1) is 9.96. The average molecular weight is 209 g/mol. The third kappa shape index (κ3) is 1.56. The van der Waals surface area contributed by atoms with Gasteiger partial charge in [0, 0.05) is 23.7 Å². The fourth-order valence-electron chi connectivity index (χ4n) is 1.99. The lowest BCUT2D eigenvalue weighted by atomic mass is 9.89. The van der Waals surface area contributed by atoms with Gasteiger partial charge in [0.05, 0.1) is 5.92 Å². The molecule has 0 aliphatic carbocycles. The third-order valence-electron chi connectivity index (χ3n) is 2.93. The van der Waals surface area contributed by atoms with Crippen molar-refractivity contribution in [2.75, 3.05) is 11.9 Å². The summed E-state index contributed by atoms with van der Waals surface area (Å²) in [6, 6.07) is 4.76. The van der Waals surface area contributed by atoms with Crippen LogP contribution in [-0.2, 0) is 4.79 Å². The van der Waals surface area contributed by atoms with Gasteiger partial charge in [-0.25, -0.2) is 4.39 Å². The van der Waals surface area contributed by atoms with Gasteiger partial charge in [-0.2, -0.15) is 0 Å². The highest BCUT2D eigenvalue weighted by Crippen LogP contribution is 2.37. The number of carboxylic acid groups (broad SMARTS) is 1. The Balaban J connectivity index is 2.39. The van der Waals surface area contributed by atoms with Gasteiger partial charge in [-0.1, -0.05) is 13.0 Å². The van der Waals surface area contributed by atoms with Crippen molar-refractivity contribution in [2.45, 2.75) is 12.8 Å². The molecule has 0 spiro atoms. The molecule has 0 amide bonds. The number of fused-ring (bicyclic) bond motifs is 1. The lowest BCUT2D eigenvalue weighted by Crippen LogP contribution is -2.20. The van der Waals surface area contributed by atoms with E-state index in [4.69, 9.17) is 5.11 Å². The Hall–Kier alpha value is -1.58. The number of halogens is 1. The van der Waals surface area contributed by atoms with Gasteiger partial charge < -0.3 is 10.4 Å². The predicted molar refractivity (Wildman–Crippen MR) is 54.4 cm³/mol. The van der Waals surface area contributed by atoms with Crippen LogP contribution in [0.3, 0.4) is 0 Å². The van der Waals surface area contributed by atoms with Gasteiger partial charge in [-0.3, -0.25) is 4.79 Å². The number of carbonyl (C=O) groups is 1. The van der Waals surface area contributed by atoms with E-state index in [9.17, 15) is 9.18 Å². The van der Waals surface area contributed by atoms with Crippen LogP contribution in [0.4, 0.5) is 10.1 Å². The molecule has 0 saturated carbocycles. The van der Waals surface area contributed by atoms with E-state index in [1.54, 1.807) is 19.1 Å². The highest BCUT2D eigenvalue weighted by atomic mass is 19.1. The Kier molecular flexibility index (Phi) is 2.34. The smallest absolute Gasteiger partial charge is 0.306 e. The maximum atomic E-state index is 13.5. The van der Waals surface area contributed by atoms with Crippen LogP contribution in [-0.4, -0.2) is 17.6 Å². The second-order valence-electron chi connectivity index (χ2n) is 3.82. The third-order valence-corrected chi connectivity index (χ3v) is 2.93. The van der Waals surface area contributed by atoms with Crippen molar-refractivity contribution in [1.29, 1.82) is 0 Å². The van der Waals surface area contributed by atoms with Crippen LogP contribution < -0.4 is 5.32 Å². The summed E-state index contributed by atoms with van der Waals surface area (Å²) in [5.74, 6) is -2.07. The number of aliphatic carboxylic acids is 1. The molecule has 1 aliphatic rings. The minimum Gasteiger partial charge on any atom is -0.481 e. The van der Waals surface area contributed by atoms with Gasteiger partial charge in [-0.15, -0.1) is 0 Å². The molecule has 1 aromatic rings. The lowest BCUT2D eigenvalue weighted by molar-refractivity contribution is -0.141. The zero-order valence-electron chi connectivity index (χ0n) is 8.33. The first-order valence-electron chi connectivity index (χ1n) is 4.86. The van der Waals surface area contributed by atoms with Crippen molar-refractivity contribution in [3.63, 3.8) is 0 Å². The highest BCUT2D eigenvalue weighted by molar-refractivity contribution is 5.73. The SMILES string of the molecule is CC(C(=O)O)C1CNc2cccc(F)c21. The van der Waals surface area contributed by atoms with Crippen LogP contribution in [0.1, 0.15) is 18.4 Å². The van der Waals surface area contributed by atoms with Crippen molar-refractivity contribution < 1.29 is 14.3 Å². The van der Waals surface area contributed by atoms with E-state index in [1.807, 2.05) is 0 Å². The van der Waals surface area contributed by atoms with E-state index in [0.29, 0.717) is 17.8 Å². The van der Waals surface area contributed by atoms with Crippen molar-refractivity contribution in [3.8, 4) is 0 Å². The molecule has 0 bridgehead atoms. The molecule has 80 valence electrons. The van der Waals surface area contributed by atoms with E-state index in [2.05, 4.69) is 5.32 Å². The zero-order chi connectivity index (χ0) is 11.0. The molecule has 15 heavy (non-hydrogen) atoms. The number of carboxylic acids is 1. The average Bonchev–Trinajstić information content (AvgIpc) is 2.61. The van der Waals surface area contributed by atoms with E-state index < -0.39 is 11.9 Å². The number of nitrogens with one attached hydrogen (secondary N) is 1. The standard InChI is InChI=1S/C11H12FNO2/c1-6(11(14)15)7-5-13-9-4-2-3-8(12)10(7)9/h2-4,6-7,13H,5H2,1H3,(H,14,15). The molecule has 2 rings (SSSR count). The molecular formula is C11H12FNO2. The van der Waals surface area contributed by atoms with Gasteiger partial charge in [0.25, 0.3) is 0 Å². The molecule has 1 aromatic carbocycles. The number of benzene rings is 1. The Morgan fingerprint density at radius 2 is 2.40 bits per heavy atom. The predicted octanol–water partition coefficient (Wildman–Crippen LogP) is 2.06. The van der Waals surface area contributed by atoms with Crippen LogP contribution in [0.5, 0.6) is 0 Å². The summed E-state index contributed by atoms with van der Waals surface area (Å²) in [5.41, 5.74) is 1.22. The quantitative estimate of drug-likeness (QED) is 0.783. The van der Waals surface area contributed by atoms with Crippen molar-refractivity contribution in [2.24, 2.45) is 5.92 Å². The molecule has 4 heteroatoms. The van der Waals surface area contributed by atoms with E-state index in [0.717, 1.165) is 0 Å². The van der Waals surface area contributed by atoms with Gasteiger partial charge in [-0.05, 0) is 12.1 Å². The van der Waals surface area contributed by atoms with Crippen LogP contribution in [0.25, 0.3) is 0 Å². The summed E-state index contributed by atoms with van der Waals surface area (Å²) in [6.07, 6.45) is 0. The largest absolute Gasteiger partial charge is 0.481 e. The summed E-state index contributed by atoms with van der Waals surface area (Å²) >= 11 is 0. The molecule has 0 saturated heterocycles. The molecule has 3 nitrogen and oxygen atoms in total. The fraction of sp³-hybridized carbons (Fsp3) is 0.364. The van der Waals surface area contributed by atoms with Crippen LogP contribution in [0.15, 0.2) is 18.2 Å². The number of hydrogen-bond donors (Lipinski definition) is 2. The summed E-state index contributed by atoms with van der Waals surface area (Å²) in [7, 11) is 0. The van der Waals surface area contributed by atoms with Gasteiger partial charge in [0.15, 0.2) is 0 Å². The molecule has 1 heterocycles. The summed E-state index contributed by atoms with van der Waals surface area (Å²) < 4.78 is 13.5. The second kappa shape index (κ2) is 3.53. The van der Waals surface area contributed by atoms with Gasteiger partial charge in [0.2, 0.25) is 0 Å². The van der Waals surface area contributed by atoms with E-state index in [-0.39, 0.29) is 11.7 Å². The Bertz CT molecular complexity index is 406. The summed E-state index contributed by atoms with van der Waals surface area (Å²) in [6.45, 7) is 2.10. The number of anilines is 1. The van der Waals surface area contributed by atoms with Crippen LogP contribution in [0, 0.1) is 11.7 Å². The first-order chi connectivity index (χ1) is 7.11. The van der Waals surface area contributed by atoms with Crippen LogP contribution in [0.2, 0.25) is 0 Å². The Labute approximate surface area is 86.9 Å². The summed E-state index contributed by atoms with van der Waals surface area (Å²) in [5, 5.41) is 11.9. The van der Waals surface area contributed by atoms with E-state index >= 15 is 0 Å². The fourth-order valence-corrected chi connectivity index (χ4v) is 1.99. The molecule has 0 fully saturated rings. The Morgan fingerprint density at radius 1 is 1.67 bits per heavy atom. The monoisotopic (exact) mass is 209 g/mol. The number of hydrogen-bond acceptors (Lipinski definition) is 2. The van der Waals surface area contributed by atoms with Crippen molar-refractivity contribution in [3.05, 3.63) is 29.6 Å². The van der Waals surface area contributed by atoms with Crippen LogP contribution >= 0.6 is 0 Å². The minimum atomic E-state index is -0.891. The molecule has 0 aromatic heterocycles.